The summed E-state index contributed by atoms with van der Waals surface area (Å²) in [5.41, 5.74) is 14.1. The highest BCUT2D eigenvalue weighted by Gasteiger charge is 2.27. The van der Waals surface area contributed by atoms with E-state index in [2.05, 4.69) is 200 Å². The first-order chi connectivity index (χ1) is 30.3. The maximum Gasteiger partial charge on any atom is 0.135 e. The molecule has 13 aromatic rings. The van der Waals surface area contributed by atoms with Crippen molar-refractivity contribution >= 4 is 86.6 Å². The first-order valence-corrected chi connectivity index (χ1v) is 21.2. The summed E-state index contributed by atoms with van der Waals surface area (Å²) in [6.07, 6.45) is 0. The van der Waals surface area contributed by atoms with Gasteiger partial charge in [0.2, 0.25) is 0 Å². The van der Waals surface area contributed by atoms with Gasteiger partial charge in [-0.3, -0.25) is 0 Å². The van der Waals surface area contributed by atoms with E-state index in [0.29, 0.717) is 0 Å². The zero-order chi connectivity index (χ0) is 39.8. The quantitative estimate of drug-likeness (QED) is 0.152. The van der Waals surface area contributed by atoms with Crippen LogP contribution in [0.15, 0.2) is 211 Å². The standard InChI is InChI=1S/C60H34O/c1-5-18-41-37(14-1)38-15-3-7-20-43(38)51-33-55-48-26-13-25-36(35-28-29-59-56(30-35)47-24-11-12-27-58(47)61-59)60(48)57-34-53-44-21-8-4-17-40(44)39-16-2-6-19-42(39)50(53)32-54(57)46-23-10-9-22-45(46)52(55)31-49(41)51/h1-34H. The van der Waals surface area contributed by atoms with Gasteiger partial charge in [0.05, 0.1) is 0 Å². The lowest BCUT2D eigenvalue weighted by atomic mass is 9.76. The van der Waals surface area contributed by atoms with Gasteiger partial charge < -0.3 is 4.42 Å². The fourth-order valence-electron chi connectivity index (χ4n) is 10.9. The van der Waals surface area contributed by atoms with Crippen molar-refractivity contribution in [1.29, 1.82) is 0 Å². The van der Waals surface area contributed by atoms with Crippen LogP contribution in [-0.4, -0.2) is 0 Å². The molecule has 1 aliphatic carbocycles. The van der Waals surface area contributed by atoms with E-state index in [1.165, 1.54) is 115 Å². The first-order valence-electron chi connectivity index (χ1n) is 21.2. The summed E-state index contributed by atoms with van der Waals surface area (Å²) in [4.78, 5) is 0. The van der Waals surface area contributed by atoms with E-state index in [0.717, 1.165) is 27.5 Å². The van der Waals surface area contributed by atoms with Gasteiger partial charge in [-0.15, -0.1) is 0 Å². The molecule has 0 fully saturated rings. The molecule has 1 heterocycles. The minimum atomic E-state index is 0.901. The fourth-order valence-corrected chi connectivity index (χ4v) is 10.9. The molecule has 61 heavy (non-hydrogen) atoms. The third kappa shape index (κ3) is 4.55. The summed E-state index contributed by atoms with van der Waals surface area (Å²) in [6.45, 7) is 0. The highest BCUT2D eigenvalue weighted by atomic mass is 16.3. The summed E-state index contributed by atoms with van der Waals surface area (Å²) < 4.78 is 6.37. The normalized spacial score (nSPS) is 12.3. The van der Waals surface area contributed by atoms with Gasteiger partial charge in [0.1, 0.15) is 11.2 Å². The molecule has 12 aromatic carbocycles. The zero-order valence-electron chi connectivity index (χ0n) is 33.0. The van der Waals surface area contributed by atoms with E-state index in [1.54, 1.807) is 0 Å². The van der Waals surface area contributed by atoms with Crippen molar-refractivity contribution in [2.24, 2.45) is 0 Å². The van der Waals surface area contributed by atoms with Crippen molar-refractivity contribution in [2.75, 3.05) is 0 Å². The smallest absolute Gasteiger partial charge is 0.135 e. The van der Waals surface area contributed by atoms with Gasteiger partial charge >= 0.3 is 0 Å². The molecule has 0 saturated heterocycles. The molecule has 0 spiro atoms. The van der Waals surface area contributed by atoms with Gasteiger partial charge in [-0.25, -0.2) is 0 Å². The number of hydrogen-bond acceptors (Lipinski definition) is 1. The molecule has 1 aromatic heterocycles. The highest BCUT2D eigenvalue weighted by Crippen LogP contribution is 2.54. The maximum atomic E-state index is 6.37. The molecule has 0 amide bonds. The number of benzene rings is 12. The van der Waals surface area contributed by atoms with Gasteiger partial charge in [0, 0.05) is 10.8 Å². The summed E-state index contributed by atoms with van der Waals surface area (Å²) in [7, 11) is 0. The lowest BCUT2D eigenvalue weighted by molar-refractivity contribution is 0.669. The molecule has 0 unspecified atom stereocenters. The molecule has 0 aliphatic heterocycles. The Morgan fingerprint density at radius 2 is 0.557 bits per heavy atom. The number of para-hydroxylation sites is 1. The minimum absolute atomic E-state index is 0.901. The second kappa shape index (κ2) is 12.3. The summed E-state index contributed by atoms with van der Waals surface area (Å²) >= 11 is 0. The predicted molar refractivity (Wildman–Crippen MR) is 259 cm³/mol. The van der Waals surface area contributed by atoms with Gasteiger partial charge in [-0.2, -0.15) is 0 Å². The Kier molecular flexibility index (Phi) is 6.62. The van der Waals surface area contributed by atoms with Crippen LogP contribution in [0.5, 0.6) is 0 Å². The molecule has 14 rings (SSSR count). The van der Waals surface area contributed by atoms with Crippen LogP contribution in [0.2, 0.25) is 0 Å². The Morgan fingerprint density at radius 1 is 0.197 bits per heavy atom. The number of furan rings is 1. The largest absolute Gasteiger partial charge is 0.456 e. The molecular formula is C60H34O. The maximum absolute atomic E-state index is 6.37. The molecule has 280 valence electrons. The van der Waals surface area contributed by atoms with E-state index in [-0.39, 0.29) is 0 Å². The van der Waals surface area contributed by atoms with E-state index in [9.17, 15) is 0 Å². The Labute approximate surface area is 351 Å². The molecule has 1 nitrogen and oxygen atoms in total. The number of hydrogen-bond donors (Lipinski definition) is 0. The molecule has 0 radical (unpaired) electrons. The lowest BCUT2D eigenvalue weighted by Gasteiger charge is -2.27. The molecule has 1 heteroatoms. The van der Waals surface area contributed by atoms with Gasteiger partial charge in [0.15, 0.2) is 0 Å². The third-order valence-electron chi connectivity index (χ3n) is 13.6. The van der Waals surface area contributed by atoms with E-state index < -0.39 is 0 Å². The number of rotatable bonds is 1. The predicted octanol–water partition coefficient (Wildman–Crippen LogP) is 17.2. The van der Waals surface area contributed by atoms with Gasteiger partial charge in [-0.1, -0.05) is 164 Å². The van der Waals surface area contributed by atoms with Crippen molar-refractivity contribution in [3.05, 3.63) is 206 Å². The Balaban J connectivity index is 1.19. The van der Waals surface area contributed by atoms with Crippen LogP contribution in [0.1, 0.15) is 0 Å². The van der Waals surface area contributed by atoms with E-state index >= 15 is 0 Å². The average molecular weight is 771 g/mol. The van der Waals surface area contributed by atoms with E-state index in [1.807, 2.05) is 6.07 Å². The summed E-state index contributed by atoms with van der Waals surface area (Å²) in [5, 5.41) is 17.5. The Bertz CT molecular complexity index is 4000. The van der Waals surface area contributed by atoms with Crippen molar-refractivity contribution in [3.8, 4) is 55.6 Å². The second-order valence-electron chi connectivity index (χ2n) is 16.7. The minimum Gasteiger partial charge on any atom is -0.456 e. The van der Waals surface area contributed by atoms with Crippen molar-refractivity contribution < 1.29 is 4.42 Å². The first kappa shape index (κ1) is 32.9. The zero-order valence-corrected chi connectivity index (χ0v) is 33.0. The second-order valence-corrected chi connectivity index (χ2v) is 16.7. The topological polar surface area (TPSA) is 13.1 Å². The monoisotopic (exact) mass is 770 g/mol. The van der Waals surface area contributed by atoms with Gasteiger partial charge in [0.25, 0.3) is 0 Å². The average Bonchev–Trinajstić information content (AvgIpc) is 3.71. The number of fused-ring (bicyclic) bond motifs is 23. The van der Waals surface area contributed by atoms with Gasteiger partial charge in [-0.05, 0) is 163 Å². The van der Waals surface area contributed by atoms with Crippen LogP contribution < -0.4 is 0 Å². The molecule has 0 atom stereocenters. The molecule has 0 saturated carbocycles. The Morgan fingerprint density at radius 3 is 1.08 bits per heavy atom. The molecule has 0 N–H and O–H groups in total. The van der Waals surface area contributed by atoms with E-state index in [4.69, 9.17) is 4.42 Å². The molecule has 0 bridgehead atoms. The fraction of sp³-hybridized carbons (Fsp3) is 0. The van der Waals surface area contributed by atoms with Crippen LogP contribution >= 0.6 is 0 Å². The van der Waals surface area contributed by atoms with Crippen LogP contribution in [0.4, 0.5) is 0 Å². The van der Waals surface area contributed by atoms with Crippen LogP contribution in [0, 0.1) is 0 Å². The third-order valence-corrected chi connectivity index (χ3v) is 13.6. The lowest BCUT2D eigenvalue weighted by Crippen LogP contribution is -2.00. The van der Waals surface area contributed by atoms with Crippen molar-refractivity contribution in [1.82, 2.24) is 0 Å². The SMILES string of the molecule is c1ccc2c(c1)-c1cc3c4ccccc4c4ccccc4c3cc1-c1cccc(-c3ccc4oc5ccccc5c4c3)c1-c1cc3c4ccccc4c4ccccc4c3cc1-2. The van der Waals surface area contributed by atoms with Crippen molar-refractivity contribution in [2.45, 2.75) is 0 Å². The highest BCUT2D eigenvalue weighted by molar-refractivity contribution is 6.29. The summed E-state index contributed by atoms with van der Waals surface area (Å²) in [6, 6.07) is 76.9. The Hall–Kier alpha value is -8.00. The van der Waals surface area contributed by atoms with Crippen LogP contribution in [0.25, 0.3) is 142 Å². The van der Waals surface area contributed by atoms with Crippen molar-refractivity contribution in [3.63, 3.8) is 0 Å². The van der Waals surface area contributed by atoms with Crippen LogP contribution in [-0.2, 0) is 0 Å². The van der Waals surface area contributed by atoms with Crippen LogP contribution in [0.3, 0.4) is 0 Å². The molecular weight excluding hydrogens is 737 g/mol. The summed E-state index contributed by atoms with van der Waals surface area (Å²) in [5.74, 6) is 0. The molecule has 1 aliphatic rings.